The number of nitrogens with one attached hydrogen (secondary N) is 3. The number of hydrogen-bond donors (Lipinski definition) is 3. The van der Waals surface area contributed by atoms with Gasteiger partial charge in [-0.3, -0.25) is 4.90 Å². The molecule has 0 spiro atoms. The fourth-order valence-electron chi connectivity index (χ4n) is 3.55. The molecule has 0 aliphatic heterocycles. The van der Waals surface area contributed by atoms with E-state index in [1.807, 2.05) is 36.1 Å². The summed E-state index contributed by atoms with van der Waals surface area (Å²) < 4.78 is 1.86. The molecular weight excluding hydrogens is 412 g/mol. The highest BCUT2D eigenvalue weighted by Gasteiger charge is 2.13. The van der Waals surface area contributed by atoms with Crippen molar-refractivity contribution in [2.75, 3.05) is 37.8 Å². The van der Waals surface area contributed by atoms with Gasteiger partial charge < -0.3 is 15.6 Å². The van der Waals surface area contributed by atoms with Gasteiger partial charge in [-0.2, -0.15) is 9.61 Å². The molecule has 33 heavy (non-hydrogen) atoms. The van der Waals surface area contributed by atoms with Crippen LogP contribution in [0.25, 0.3) is 16.9 Å². The van der Waals surface area contributed by atoms with Crippen molar-refractivity contribution in [3.63, 3.8) is 0 Å². The molecule has 8 heteroatoms. The molecule has 0 unspecified atom stereocenters. The fraction of sp³-hybridized carbons (Fsp3) is 0.400. The third-order valence-electron chi connectivity index (χ3n) is 5.51. The predicted molar refractivity (Wildman–Crippen MR) is 135 cm³/mol. The Kier molecular flexibility index (Phi) is 7.57. The van der Waals surface area contributed by atoms with Crippen LogP contribution in [0.2, 0.25) is 0 Å². The summed E-state index contributed by atoms with van der Waals surface area (Å²) in [7, 11) is 4.00. The van der Waals surface area contributed by atoms with Gasteiger partial charge in [-0.25, -0.2) is 9.97 Å². The number of aromatic nitrogens is 5. The van der Waals surface area contributed by atoms with Crippen molar-refractivity contribution in [1.29, 1.82) is 0 Å². The van der Waals surface area contributed by atoms with E-state index in [0.29, 0.717) is 0 Å². The molecule has 174 valence electrons. The van der Waals surface area contributed by atoms with Crippen LogP contribution in [0.5, 0.6) is 0 Å². The first-order valence-corrected chi connectivity index (χ1v) is 11.7. The van der Waals surface area contributed by atoms with E-state index in [1.54, 1.807) is 6.20 Å². The highest BCUT2D eigenvalue weighted by atomic mass is 15.3. The third kappa shape index (κ3) is 6.10. The smallest absolute Gasteiger partial charge is 0.181 e. The zero-order valence-electron chi connectivity index (χ0n) is 19.8. The second-order valence-corrected chi connectivity index (χ2v) is 8.50. The molecule has 0 amide bonds. The van der Waals surface area contributed by atoms with Crippen molar-refractivity contribution in [2.24, 2.45) is 0 Å². The summed E-state index contributed by atoms with van der Waals surface area (Å²) in [6.45, 7) is 4.73. The van der Waals surface area contributed by atoms with E-state index in [4.69, 9.17) is 4.98 Å². The number of aryl methyl sites for hydroxylation is 1. The van der Waals surface area contributed by atoms with Crippen molar-refractivity contribution >= 4 is 17.2 Å². The summed E-state index contributed by atoms with van der Waals surface area (Å²) in [6.07, 6.45) is 11.0. The lowest BCUT2D eigenvalue weighted by Gasteiger charge is -2.16. The minimum atomic E-state index is 0.814. The van der Waals surface area contributed by atoms with E-state index >= 15 is 0 Å². The van der Waals surface area contributed by atoms with Gasteiger partial charge in [-0.15, -0.1) is 0 Å². The minimum absolute atomic E-state index is 0.814. The van der Waals surface area contributed by atoms with Crippen LogP contribution in [-0.4, -0.2) is 56.7 Å². The zero-order chi connectivity index (χ0) is 23.0. The standard InChI is InChI=1S/C22H28N8.C3H6/c1-16-7-4-5-8-17(16)18-13-21(30-22(28-18)19(23-2)14-27-30)26-9-6-12-29(3)15-20-24-10-11-25-20;1-2-3-1/h4-5,7-8,10-11,13-14,23,26H,6,9,12,15H2,1-3H3,(H,24,25);1-3H2. The monoisotopic (exact) mass is 446 g/mol. The first kappa shape index (κ1) is 22.8. The summed E-state index contributed by atoms with van der Waals surface area (Å²) in [5.41, 5.74) is 4.99. The van der Waals surface area contributed by atoms with E-state index in [2.05, 4.69) is 62.8 Å². The maximum Gasteiger partial charge on any atom is 0.181 e. The Morgan fingerprint density at radius 2 is 2.00 bits per heavy atom. The summed E-state index contributed by atoms with van der Waals surface area (Å²) in [5.74, 6) is 1.92. The van der Waals surface area contributed by atoms with Crippen LogP contribution < -0.4 is 10.6 Å². The van der Waals surface area contributed by atoms with E-state index in [0.717, 1.165) is 60.3 Å². The molecule has 1 aromatic carbocycles. The molecule has 1 aliphatic carbocycles. The average Bonchev–Trinajstić information content (AvgIpc) is 3.51. The molecule has 1 fully saturated rings. The van der Waals surface area contributed by atoms with Crippen molar-refractivity contribution < 1.29 is 0 Å². The second kappa shape index (κ2) is 11.0. The molecule has 5 rings (SSSR count). The first-order valence-electron chi connectivity index (χ1n) is 11.7. The van der Waals surface area contributed by atoms with Crippen LogP contribution in [0.4, 0.5) is 11.5 Å². The molecule has 0 bridgehead atoms. The Balaban J connectivity index is 0.000000799. The molecule has 0 saturated heterocycles. The van der Waals surface area contributed by atoms with Gasteiger partial charge in [0.15, 0.2) is 5.65 Å². The number of aromatic amines is 1. The van der Waals surface area contributed by atoms with Crippen LogP contribution in [0, 0.1) is 6.92 Å². The van der Waals surface area contributed by atoms with Gasteiger partial charge in [-0.1, -0.05) is 43.5 Å². The van der Waals surface area contributed by atoms with Gasteiger partial charge in [0.2, 0.25) is 0 Å². The molecule has 0 radical (unpaired) electrons. The van der Waals surface area contributed by atoms with Gasteiger partial charge in [0.1, 0.15) is 11.6 Å². The van der Waals surface area contributed by atoms with Crippen LogP contribution in [0.15, 0.2) is 48.9 Å². The minimum Gasteiger partial charge on any atom is -0.384 e. The van der Waals surface area contributed by atoms with Crippen molar-refractivity contribution in [2.45, 2.75) is 39.2 Å². The SMILES string of the molecule is C1CC1.CNc1cnn2c(NCCCN(C)Cc3ncc[nH]3)cc(-c3ccccc3C)nc12. The number of rotatable bonds is 9. The van der Waals surface area contributed by atoms with Crippen molar-refractivity contribution in [1.82, 2.24) is 29.5 Å². The lowest BCUT2D eigenvalue weighted by molar-refractivity contribution is 0.318. The molecule has 1 aliphatic rings. The second-order valence-electron chi connectivity index (χ2n) is 8.50. The predicted octanol–water partition coefficient (Wildman–Crippen LogP) is 4.57. The fourth-order valence-corrected chi connectivity index (χ4v) is 3.55. The largest absolute Gasteiger partial charge is 0.384 e. The Labute approximate surface area is 195 Å². The maximum absolute atomic E-state index is 4.88. The van der Waals surface area contributed by atoms with Gasteiger partial charge in [0, 0.05) is 37.6 Å². The number of hydrogen-bond acceptors (Lipinski definition) is 6. The number of benzene rings is 1. The quantitative estimate of drug-likeness (QED) is 0.327. The van der Waals surface area contributed by atoms with Crippen LogP contribution in [0.3, 0.4) is 0 Å². The number of fused-ring (bicyclic) bond motifs is 1. The number of anilines is 2. The maximum atomic E-state index is 4.88. The van der Waals surface area contributed by atoms with Gasteiger partial charge in [-0.05, 0) is 32.5 Å². The zero-order valence-corrected chi connectivity index (χ0v) is 19.8. The van der Waals surface area contributed by atoms with Crippen molar-refractivity contribution in [3.8, 4) is 11.3 Å². The van der Waals surface area contributed by atoms with E-state index in [1.165, 1.54) is 24.8 Å². The number of H-pyrrole nitrogens is 1. The Hall–Kier alpha value is -3.39. The Bertz CT molecular complexity index is 1140. The van der Waals surface area contributed by atoms with E-state index in [-0.39, 0.29) is 0 Å². The summed E-state index contributed by atoms with van der Waals surface area (Å²) >= 11 is 0. The lowest BCUT2D eigenvalue weighted by atomic mass is 10.1. The first-order chi connectivity index (χ1) is 16.2. The highest BCUT2D eigenvalue weighted by Crippen LogP contribution is 2.27. The molecule has 3 heterocycles. The third-order valence-corrected chi connectivity index (χ3v) is 5.51. The molecule has 3 aromatic heterocycles. The lowest BCUT2D eigenvalue weighted by Crippen LogP contribution is -2.22. The Morgan fingerprint density at radius 1 is 1.18 bits per heavy atom. The highest BCUT2D eigenvalue weighted by molar-refractivity contribution is 5.75. The van der Waals surface area contributed by atoms with Gasteiger partial charge in [0.05, 0.1) is 24.1 Å². The summed E-state index contributed by atoms with van der Waals surface area (Å²) in [6, 6.07) is 10.4. The van der Waals surface area contributed by atoms with Gasteiger partial charge >= 0.3 is 0 Å². The molecule has 3 N–H and O–H groups in total. The molecule has 1 saturated carbocycles. The van der Waals surface area contributed by atoms with Gasteiger partial charge in [0.25, 0.3) is 0 Å². The number of nitrogens with zero attached hydrogens (tertiary/aromatic N) is 5. The molecule has 0 atom stereocenters. The van der Waals surface area contributed by atoms with Crippen LogP contribution in [0.1, 0.15) is 37.1 Å². The van der Waals surface area contributed by atoms with Crippen LogP contribution in [-0.2, 0) is 6.54 Å². The summed E-state index contributed by atoms with van der Waals surface area (Å²) in [5, 5.41) is 11.3. The van der Waals surface area contributed by atoms with Crippen molar-refractivity contribution in [3.05, 3.63) is 60.3 Å². The van der Waals surface area contributed by atoms with E-state index < -0.39 is 0 Å². The van der Waals surface area contributed by atoms with Crippen LogP contribution >= 0.6 is 0 Å². The molecule has 4 aromatic rings. The normalized spacial score (nSPS) is 12.5. The van der Waals surface area contributed by atoms with E-state index in [9.17, 15) is 0 Å². The molecular formula is C25H34N8. The Morgan fingerprint density at radius 3 is 2.70 bits per heavy atom. The number of imidazole rings is 1. The molecule has 8 nitrogen and oxygen atoms in total. The topological polar surface area (TPSA) is 86.2 Å². The average molecular weight is 447 g/mol. The summed E-state index contributed by atoms with van der Waals surface area (Å²) in [4.78, 5) is 14.6.